The zero-order valence-electron chi connectivity index (χ0n) is 11.5. The summed E-state index contributed by atoms with van der Waals surface area (Å²) in [7, 11) is 0. The molecule has 6 heteroatoms. The lowest BCUT2D eigenvalue weighted by molar-refractivity contribution is -0.124. The van der Waals surface area contributed by atoms with Crippen molar-refractivity contribution >= 4 is 39.4 Å². The molecule has 0 radical (unpaired) electrons. The minimum atomic E-state index is -0.621. The number of esters is 1. The van der Waals surface area contributed by atoms with Gasteiger partial charge in [0.2, 0.25) is 0 Å². The first kappa shape index (κ1) is 16.5. The maximum atomic E-state index is 11.8. The molecule has 0 aliphatic carbocycles. The molecule has 2 rings (SSSR count). The number of carbonyl (C=O) groups excluding carboxylic acids is 2. The van der Waals surface area contributed by atoms with E-state index in [4.69, 9.17) is 16.3 Å². The van der Waals surface area contributed by atoms with Crippen molar-refractivity contribution in [3.63, 3.8) is 0 Å². The Morgan fingerprint density at radius 1 is 1.09 bits per heavy atom. The zero-order valence-corrected chi connectivity index (χ0v) is 13.9. The number of hydrogen-bond donors (Lipinski definition) is 1. The van der Waals surface area contributed by atoms with Gasteiger partial charge in [-0.05, 0) is 29.8 Å². The van der Waals surface area contributed by atoms with Crippen LogP contribution >= 0.6 is 27.5 Å². The third kappa shape index (κ3) is 4.86. The van der Waals surface area contributed by atoms with Gasteiger partial charge in [0.25, 0.3) is 5.91 Å². The predicted octanol–water partition coefficient (Wildman–Crippen LogP) is 3.58. The fourth-order valence-corrected chi connectivity index (χ4v) is 2.17. The van der Waals surface area contributed by atoms with Crippen LogP contribution in [0, 0.1) is 0 Å². The number of rotatable bonds is 5. The molecule has 1 N–H and O–H groups in total. The Kier molecular flexibility index (Phi) is 5.98. The summed E-state index contributed by atoms with van der Waals surface area (Å²) in [5, 5.41) is 2.97. The molecule has 2 aromatic rings. The molecule has 2 aromatic carbocycles. The number of ether oxygens (including phenoxy) is 1. The normalized spacial score (nSPS) is 10.1. The highest BCUT2D eigenvalue weighted by atomic mass is 79.9. The van der Waals surface area contributed by atoms with Gasteiger partial charge in [0.05, 0.1) is 10.6 Å². The van der Waals surface area contributed by atoms with Gasteiger partial charge in [0, 0.05) is 11.0 Å². The summed E-state index contributed by atoms with van der Waals surface area (Å²) in [6, 6.07) is 14.1. The van der Waals surface area contributed by atoms with Crippen molar-refractivity contribution in [1.29, 1.82) is 0 Å². The van der Waals surface area contributed by atoms with Crippen LogP contribution in [0.5, 0.6) is 0 Å². The second-order valence-corrected chi connectivity index (χ2v) is 5.78. The van der Waals surface area contributed by atoms with Gasteiger partial charge in [-0.25, -0.2) is 4.79 Å². The molecule has 0 bridgehead atoms. The van der Waals surface area contributed by atoms with Crippen LogP contribution < -0.4 is 5.32 Å². The molecule has 0 aromatic heterocycles. The first-order valence-electron chi connectivity index (χ1n) is 6.49. The van der Waals surface area contributed by atoms with Crippen LogP contribution in [0.2, 0.25) is 5.02 Å². The molecule has 0 saturated carbocycles. The van der Waals surface area contributed by atoms with Crippen LogP contribution in [0.15, 0.2) is 53.0 Å². The largest absolute Gasteiger partial charge is 0.452 e. The molecule has 0 unspecified atom stereocenters. The Hall–Kier alpha value is -1.85. The van der Waals surface area contributed by atoms with E-state index in [-0.39, 0.29) is 18.1 Å². The van der Waals surface area contributed by atoms with E-state index in [1.54, 1.807) is 24.3 Å². The Morgan fingerprint density at radius 3 is 2.45 bits per heavy atom. The molecule has 0 atom stereocenters. The molecular weight excluding hydrogens is 370 g/mol. The monoisotopic (exact) mass is 381 g/mol. The van der Waals surface area contributed by atoms with Crippen molar-refractivity contribution in [2.45, 2.75) is 6.54 Å². The Bertz CT molecular complexity index is 673. The summed E-state index contributed by atoms with van der Waals surface area (Å²) in [5.74, 6) is -0.993. The van der Waals surface area contributed by atoms with Gasteiger partial charge >= 0.3 is 5.97 Å². The number of amides is 1. The lowest BCUT2D eigenvalue weighted by Crippen LogP contribution is -2.28. The first-order valence-corrected chi connectivity index (χ1v) is 7.66. The molecule has 1 amide bonds. The molecule has 0 aliphatic rings. The average Bonchev–Trinajstić information content (AvgIpc) is 2.52. The SMILES string of the molecule is O=C(COC(=O)c1ccccc1Cl)NCc1ccc(Br)cc1. The van der Waals surface area contributed by atoms with E-state index < -0.39 is 5.97 Å². The van der Waals surface area contributed by atoms with E-state index in [0.29, 0.717) is 11.6 Å². The topological polar surface area (TPSA) is 55.4 Å². The molecule has 114 valence electrons. The second kappa shape index (κ2) is 7.96. The van der Waals surface area contributed by atoms with E-state index in [0.717, 1.165) is 10.0 Å². The summed E-state index contributed by atoms with van der Waals surface area (Å²) in [4.78, 5) is 23.5. The number of nitrogens with one attached hydrogen (secondary N) is 1. The van der Waals surface area contributed by atoms with Gasteiger partial charge in [0.1, 0.15) is 0 Å². The Balaban J connectivity index is 1.79. The minimum absolute atomic E-state index is 0.241. The van der Waals surface area contributed by atoms with Crippen molar-refractivity contribution in [3.8, 4) is 0 Å². The smallest absolute Gasteiger partial charge is 0.340 e. The molecule has 0 saturated heterocycles. The van der Waals surface area contributed by atoms with Crippen LogP contribution in [-0.4, -0.2) is 18.5 Å². The van der Waals surface area contributed by atoms with Gasteiger partial charge in [-0.1, -0.05) is 51.8 Å². The third-order valence-electron chi connectivity index (χ3n) is 2.83. The second-order valence-electron chi connectivity index (χ2n) is 4.46. The molecule has 22 heavy (non-hydrogen) atoms. The van der Waals surface area contributed by atoms with E-state index in [1.807, 2.05) is 24.3 Å². The maximum absolute atomic E-state index is 11.8. The molecule has 0 aliphatic heterocycles. The van der Waals surface area contributed by atoms with Crippen molar-refractivity contribution < 1.29 is 14.3 Å². The predicted molar refractivity (Wildman–Crippen MR) is 87.7 cm³/mol. The highest BCUT2D eigenvalue weighted by Crippen LogP contribution is 2.15. The molecule has 4 nitrogen and oxygen atoms in total. The molecule has 0 heterocycles. The van der Waals surface area contributed by atoms with Gasteiger partial charge < -0.3 is 10.1 Å². The molecule has 0 fully saturated rings. The van der Waals surface area contributed by atoms with Crippen LogP contribution in [0.1, 0.15) is 15.9 Å². The molecular formula is C16H13BrClNO3. The first-order chi connectivity index (χ1) is 10.6. The summed E-state index contributed by atoms with van der Waals surface area (Å²) in [6.07, 6.45) is 0. The standard InChI is InChI=1S/C16H13BrClNO3/c17-12-7-5-11(6-8-12)9-19-15(20)10-22-16(21)13-3-1-2-4-14(13)18/h1-8H,9-10H2,(H,19,20). The molecule has 0 spiro atoms. The number of halogens is 2. The van der Waals surface area contributed by atoms with Crippen molar-refractivity contribution in [2.24, 2.45) is 0 Å². The van der Waals surface area contributed by atoms with E-state index in [2.05, 4.69) is 21.2 Å². The Labute approximate surface area is 141 Å². The van der Waals surface area contributed by atoms with Crippen molar-refractivity contribution in [2.75, 3.05) is 6.61 Å². The van der Waals surface area contributed by atoms with Gasteiger partial charge in [-0.3, -0.25) is 4.79 Å². The van der Waals surface area contributed by atoms with E-state index in [1.165, 1.54) is 0 Å². The highest BCUT2D eigenvalue weighted by molar-refractivity contribution is 9.10. The maximum Gasteiger partial charge on any atom is 0.340 e. The fourth-order valence-electron chi connectivity index (χ4n) is 1.69. The quantitative estimate of drug-likeness (QED) is 0.804. The van der Waals surface area contributed by atoms with E-state index >= 15 is 0 Å². The zero-order chi connectivity index (χ0) is 15.9. The van der Waals surface area contributed by atoms with Crippen molar-refractivity contribution in [1.82, 2.24) is 5.32 Å². The van der Waals surface area contributed by atoms with Crippen LogP contribution in [0.4, 0.5) is 0 Å². The number of carbonyl (C=O) groups is 2. The lowest BCUT2D eigenvalue weighted by Gasteiger charge is -2.07. The summed E-state index contributed by atoms with van der Waals surface area (Å²) >= 11 is 9.22. The van der Waals surface area contributed by atoms with Crippen LogP contribution in [0.3, 0.4) is 0 Å². The Morgan fingerprint density at radius 2 is 1.77 bits per heavy atom. The number of hydrogen-bond acceptors (Lipinski definition) is 3. The summed E-state index contributed by atoms with van der Waals surface area (Å²) in [5.41, 5.74) is 1.19. The number of benzene rings is 2. The highest BCUT2D eigenvalue weighted by Gasteiger charge is 2.12. The van der Waals surface area contributed by atoms with Crippen molar-refractivity contribution in [3.05, 3.63) is 69.2 Å². The average molecular weight is 383 g/mol. The lowest BCUT2D eigenvalue weighted by atomic mass is 10.2. The summed E-state index contributed by atoms with van der Waals surface area (Å²) in [6.45, 7) is 0.0241. The third-order valence-corrected chi connectivity index (χ3v) is 3.69. The summed E-state index contributed by atoms with van der Waals surface area (Å²) < 4.78 is 5.90. The van der Waals surface area contributed by atoms with E-state index in [9.17, 15) is 9.59 Å². The fraction of sp³-hybridized carbons (Fsp3) is 0.125. The van der Waals surface area contributed by atoms with Gasteiger partial charge in [-0.2, -0.15) is 0 Å². The van der Waals surface area contributed by atoms with Crippen LogP contribution in [0.25, 0.3) is 0 Å². The van der Waals surface area contributed by atoms with Gasteiger partial charge in [-0.15, -0.1) is 0 Å². The van der Waals surface area contributed by atoms with Gasteiger partial charge in [0.15, 0.2) is 6.61 Å². The van der Waals surface area contributed by atoms with Crippen LogP contribution in [-0.2, 0) is 16.1 Å². The minimum Gasteiger partial charge on any atom is -0.452 e.